The molecule has 0 N–H and O–H groups in total. The quantitative estimate of drug-likeness (QED) is 0.568. The van der Waals surface area contributed by atoms with Gasteiger partial charge < -0.3 is 4.90 Å². The lowest BCUT2D eigenvalue weighted by molar-refractivity contribution is 0.330. The number of hydrogen-bond acceptors (Lipinski definition) is 1. The highest BCUT2D eigenvalue weighted by atomic mass is 15.1. The number of rotatable bonds is 2. The van der Waals surface area contributed by atoms with E-state index in [-0.39, 0.29) is 0 Å². The minimum atomic E-state index is 0.935. The Morgan fingerprint density at radius 2 is 2.30 bits per heavy atom. The summed E-state index contributed by atoms with van der Waals surface area (Å²) < 4.78 is 0. The molecular formula is C9H19N. The first-order chi connectivity index (χ1) is 4.74. The van der Waals surface area contributed by atoms with E-state index in [1.54, 1.807) is 0 Å². The van der Waals surface area contributed by atoms with Crippen molar-refractivity contribution in [3.8, 4) is 0 Å². The summed E-state index contributed by atoms with van der Waals surface area (Å²) >= 11 is 0. The van der Waals surface area contributed by atoms with Crippen molar-refractivity contribution in [1.82, 2.24) is 4.90 Å². The average Bonchev–Trinajstić information content (AvgIpc) is 2.34. The Kier molecular flexibility index (Phi) is 2.72. The first-order valence-electron chi connectivity index (χ1n) is 4.42. The van der Waals surface area contributed by atoms with Crippen LogP contribution < -0.4 is 0 Å². The van der Waals surface area contributed by atoms with Crippen molar-refractivity contribution in [2.75, 3.05) is 20.1 Å². The van der Waals surface area contributed by atoms with Crippen LogP contribution in [0.4, 0.5) is 0 Å². The second-order valence-electron chi connectivity index (χ2n) is 3.70. The van der Waals surface area contributed by atoms with E-state index >= 15 is 0 Å². The van der Waals surface area contributed by atoms with Crippen LogP contribution in [0.25, 0.3) is 0 Å². The van der Waals surface area contributed by atoms with Crippen LogP contribution in [0.5, 0.6) is 0 Å². The molecule has 0 aromatic carbocycles. The fourth-order valence-electron chi connectivity index (χ4n) is 1.77. The summed E-state index contributed by atoms with van der Waals surface area (Å²) in [6.45, 7) is 7.32. The molecule has 1 saturated heterocycles. The smallest absolute Gasteiger partial charge is 0.000963 e. The van der Waals surface area contributed by atoms with Gasteiger partial charge in [-0.1, -0.05) is 20.3 Å². The monoisotopic (exact) mass is 141 g/mol. The van der Waals surface area contributed by atoms with Gasteiger partial charge in [0.05, 0.1) is 0 Å². The summed E-state index contributed by atoms with van der Waals surface area (Å²) in [5.74, 6) is 1.92. The molecule has 1 heterocycles. The van der Waals surface area contributed by atoms with E-state index in [2.05, 4.69) is 25.8 Å². The topological polar surface area (TPSA) is 3.24 Å². The molecule has 0 saturated carbocycles. The summed E-state index contributed by atoms with van der Waals surface area (Å²) in [5, 5.41) is 0. The maximum Gasteiger partial charge on any atom is 0.000963 e. The molecule has 0 bridgehead atoms. The van der Waals surface area contributed by atoms with E-state index < -0.39 is 0 Å². The van der Waals surface area contributed by atoms with Crippen LogP contribution >= 0.6 is 0 Å². The van der Waals surface area contributed by atoms with Gasteiger partial charge in [-0.2, -0.15) is 0 Å². The molecule has 1 nitrogen and oxygen atoms in total. The molecule has 1 heteroatoms. The molecule has 0 aliphatic carbocycles. The molecule has 60 valence electrons. The zero-order chi connectivity index (χ0) is 7.56. The summed E-state index contributed by atoms with van der Waals surface area (Å²) in [5.41, 5.74) is 0. The highest BCUT2D eigenvalue weighted by Crippen LogP contribution is 2.24. The van der Waals surface area contributed by atoms with E-state index in [1.807, 2.05) is 0 Å². The molecule has 0 aromatic heterocycles. The second kappa shape index (κ2) is 3.38. The average molecular weight is 141 g/mol. The SMILES string of the molecule is CCC(C)[C@H]1CCN(C)C1. The summed E-state index contributed by atoms with van der Waals surface area (Å²) in [6, 6.07) is 0. The van der Waals surface area contributed by atoms with Crippen LogP contribution in [0.15, 0.2) is 0 Å². The van der Waals surface area contributed by atoms with Crippen LogP contribution in [-0.4, -0.2) is 25.0 Å². The molecule has 0 radical (unpaired) electrons. The Labute approximate surface area is 64.4 Å². The van der Waals surface area contributed by atoms with Gasteiger partial charge in [0, 0.05) is 6.54 Å². The first kappa shape index (κ1) is 8.06. The highest BCUT2D eigenvalue weighted by molar-refractivity contribution is 4.76. The van der Waals surface area contributed by atoms with Crippen molar-refractivity contribution >= 4 is 0 Å². The van der Waals surface area contributed by atoms with Crippen LogP contribution in [0.2, 0.25) is 0 Å². The van der Waals surface area contributed by atoms with E-state index in [0.29, 0.717) is 0 Å². The minimum Gasteiger partial charge on any atom is -0.306 e. The van der Waals surface area contributed by atoms with Gasteiger partial charge in [-0.25, -0.2) is 0 Å². The Balaban J connectivity index is 2.29. The molecule has 1 aliphatic rings. The molecular weight excluding hydrogens is 122 g/mol. The van der Waals surface area contributed by atoms with Gasteiger partial charge in [0.2, 0.25) is 0 Å². The predicted molar refractivity (Wildman–Crippen MR) is 45.1 cm³/mol. The van der Waals surface area contributed by atoms with Crippen molar-refractivity contribution in [3.63, 3.8) is 0 Å². The highest BCUT2D eigenvalue weighted by Gasteiger charge is 2.23. The molecule has 1 unspecified atom stereocenters. The van der Waals surface area contributed by atoms with Gasteiger partial charge in [-0.15, -0.1) is 0 Å². The van der Waals surface area contributed by atoms with E-state index in [9.17, 15) is 0 Å². The van der Waals surface area contributed by atoms with E-state index in [1.165, 1.54) is 25.9 Å². The summed E-state index contributed by atoms with van der Waals surface area (Å²) in [7, 11) is 2.22. The number of nitrogens with zero attached hydrogens (tertiary/aromatic N) is 1. The van der Waals surface area contributed by atoms with Crippen molar-refractivity contribution in [2.45, 2.75) is 26.7 Å². The van der Waals surface area contributed by atoms with E-state index in [0.717, 1.165) is 11.8 Å². The molecule has 1 fully saturated rings. The minimum absolute atomic E-state index is 0.935. The molecule has 0 amide bonds. The normalized spacial score (nSPS) is 30.9. The molecule has 10 heavy (non-hydrogen) atoms. The number of hydrogen-bond donors (Lipinski definition) is 0. The van der Waals surface area contributed by atoms with E-state index in [4.69, 9.17) is 0 Å². The fraction of sp³-hybridized carbons (Fsp3) is 1.00. The molecule has 0 aromatic rings. The molecule has 0 spiro atoms. The molecule has 2 atom stereocenters. The van der Waals surface area contributed by atoms with Crippen LogP contribution in [0.3, 0.4) is 0 Å². The second-order valence-corrected chi connectivity index (χ2v) is 3.70. The van der Waals surface area contributed by atoms with Crippen molar-refractivity contribution < 1.29 is 0 Å². The van der Waals surface area contributed by atoms with Crippen LogP contribution in [0, 0.1) is 11.8 Å². The Morgan fingerprint density at radius 3 is 2.70 bits per heavy atom. The maximum atomic E-state index is 2.44. The van der Waals surface area contributed by atoms with Crippen molar-refractivity contribution in [1.29, 1.82) is 0 Å². The van der Waals surface area contributed by atoms with Crippen LogP contribution in [0.1, 0.15) is 26.7 Å². The summed E-state index contributed by atoms with van der Waals surface area (Å²) in [4.78, 5) is 2.44. The Hall–Kier alpha value is -0.0400. The predicted octanol–water partition coefficient (Wildman–Crippen LogP) is 1.98. The molecule has 1 rings (SSSR count). The third kappa shape index (κ3) is 1.72. The number of likely N-dealkylation sites (tertiary alicyclic amines) is 1. The van der Waals surface area contributed by atoms with Gasteiger partial charge in [0.15, 0.2) is 0 Å². The fourth-order valence-corrected chi connectivity index (χ4v) is 1.77. The molecule has 1 aliphatic heterocycles. The lowest BCUT2D eigenvalue weighted by atomic mass is 9.91. The zero-order valence-electron chi connectivity index (χ0n) is 7.43. The maximum absolute atomic E-state index is 2.44. The van der Waals surface area contributed by atoms with Gasteiger partial charge in [0.1, 0.15) is 0 Å². The van der Waals surface area contributed by atoms with Gasteiger partial charge in [-0.05, 0) is 31.8 Å². The largest absolute Gasteiger partial charge is 0.306 e. The lowest BCUT2D eigenvalue weighted by Crippen LogP contribution is -2.17. The van der Waals surface area contributed by atoms with Crippen molar-refractivity contribution in [2.24, 2.45) is 11.8 Å². The third-order valence-corrected chi connectivity index (χ3v) is 2.88. The van der Waals surface area contributed by atoms with Crippen molar-refractivity contribution in [3.05, 3.63) is 0 Å². The first-order valence-corrected chi connectivity index (χ1v) is 4.42. The summed E-state index contributed by atoms with van der Waals surface area (Å²) in [6.07, 6.45) is 2.77. The Bertz CT molecular complexity index is 101. The van der Waals surface area contributed by atoms with Gasteiger partial charge >= 0.3 is 0 Å². The third-order valence-electron chi connectivity index (χ3n) is 2.88. The standard InChI is InChI=1S/C9H19N/c1-4-8(2)9-5-6-10(3)7-9/h8-9H,4-7H2,1-3H3/t8?,9-/m0/s1. The van der Waals surface area contributed by atoms with Gasteiger partial charge in [-0.3, -0.25) is 0 Å². The van der Waals surface area contributed by atoms with Gasteiger partial charge in [0.25, 0.3) is 0 Å². The zero-order valence-corrected chi connectivity index (χ0v) is 7.43. The Morgan fingerprint density at radius 1 is 1.60 bits per heavy atom. The van der Waals surface area contributed by atoms with Crippen LogP contribution in [-0.2, 0) is 0 Å². The lowest BCUT2D eigenvalue weighted by Gasteiger charge is -2.16.